The second kappa shape index (κ2) is 9.12. The third-order valence-corrected chi connectivity index (χ3v) is 5.68. The van der Waals surface area contributed by atoms with E-state index in [9.17, 15) is 19.2 Å². The fraction of sp³-hybridized carbons (Fsp3) is 0.200. The molecule has 8 heteroatoms. The molecule has 0 aliphatic carbocycles. The van der Waals surface area contributed by atoms with Gasteiger partial charge in [0.25, 0.3) is 17.7 Å². The van der Waals surface area contributed by atoms with E-state index in [2.05, 4.69) is 16.1 Å². The minimum absolute atomic E-state index is 0.382. The van der Waals surface area contributed by atoms with Crippen molar-refractivity contribution in [3.63, 3.8) is 0 Å². The van der Waals surface area contributed by atoms with Crippen molar-refractivity contribution in [1.82, 2.24) is 21.1 Å². The van der Waals surface area contributed by atoms with Gasteiger partial charge in [0.15, 0.2) is 0 Å². The number of urea groups is 1. The normalized spacial score (nSPS) is 17.7. The third kappa shape index (κ3) is 4.85. The first-order valence-electron chi connectivity index (χ1n) is 10.6. The SMILES string of the molecule is C[C@]1(CCc2ccccc2)NC(=O)N(NC(=O)CNC(=O)c2ccc3ccccc3c2)C1=O. The molecule has 4 rings (SSSR count). The number of carbonyl (C=O) groups is 4. The van der Waals surface area contributed by atoms with Gasteiger partial charge in [0.1, 0.15) is 5.54 Å². The molecule has 0 aromatic heterocycles. The molecule has 3 aromatic carbocycles. The first-order valence-corrected chi connectivity index (χ1v) is 10.6. The molecule has 1 fully saturated rings. The van der Waals surface area contributed by atoms with Crippen molar-refractivity contribution >= 4 is 34.5 Å². The Kier molecular flexibility index (Phi) is 6.08. The molecule has 5 amide bonds. The van der Waals surface area contributed by atoms with Crippen LogP contribution in [0.15, 0.2) is 72.8 Å². The van der Waals surface area contributed by atoms with Crippen molar-refractivity contribution in [2.45, 2.75) is 25.3 Å². The standard InChI is InChI=1S/C25H24N4O4/c1-25(14-13-17-7-3-2-4-8-17)23(32)29(24(33)27-25)28-21(30)16-26-22(31)20-12-11-18-9-5-6-10-19(18)15-20/h2-12,15H,13-14,16H2,1H3,(H,26,31)(H,27,33)(H,28,30)/t25-/m1/s1. The molecular weight excluding hydrogens is 420 g/mol. The van der Waals surface area contributed by atoms with Gasteiger partial charge < -0.3 is 10.6 Å². The van der Waals surface area contributed by atoms with Crippen LogP contribution in [0.3, 0.4) is 0 Å². The summed E-state index contributed by atoms with van der Waals surface area (Å²) >= 11 is 0. The summed E-state index contributed by atoms with van der Waals surface area (Å²) in [5, 5.41) is 7.75. The van der Waals surface area contributed by atoms with Crippen LogP contribution >= 0.6 is 0 Å². The quantitative estimate of drug-likeness (QED) is 0.487. The summed E-state index contributed by atoms with van der Waals surface area (Å²) < 4.78 is 0. The third-order valence-electron chi connectivity index (χ3n) is 5.68. The van der Waals surface area contributed by atoms with Crippen molar-refractivity contribution in [2.24, 2.45) is 0 Å². The van der Waals surface area contributed by atoms with Crippen molar-refractivity contribution in [3.8, 4) is 0 Å². The zero-order valence-corrected chi connectivity index (χ0v) is 18.1. The van der Waals surface area contributed by atoms with Crippen LogP contribution in [-0.4, -0.2) is 40.8 Å². The first-order chi connectivity index (χ1) is 15.9. The number of rotatable bonds is 7. The number of nitrogens with zero attached hydrogens (tertiary/aromatic N) is 1. The maximum atomic E-state index is 12.8. The highest BCUT2D eigenvalue weighted by molar-refractivity contribution is 6.08. The maximum absolute atomic E-state index is 12.8. The summed E-state index contributed by atoms with van der Waals surface area (Å²) in [6, 6.07) is 21.8. The zero-order chi connectivity index (χ0) is 23.4. The Morgan fingerprint density at radius 1 is 0.939 bits per heavy atom. The van der Waals surface area contributed by atoms with Crippen LogP contribution in [0.25, 0.3) is 10.8 Å². The van der Waals surface area contributed by atoms with E-state index >= 15 is 0 Å². The molecule has 1 aliphatic rings. The van der Waals surface area contributed by atoms with Gasteiger partial charge >= 0.3 is 6.03 Å². The molecule has 0 spiro atoms. The van der Waals surface area contributed by atoms with Gasteiger partial charge in [-0.25, -0.2) is 4.79 Å². The summed E-state index contributed by atoms with van der Waals surface area (Å²) in [6.45, 7) is 1.24. The molecule has 0 bridgehead atoms. The van der Waals surface area contributed by atoms with E-state index < -0.39 is 29.3 Å². The van der Waals surface area contributed by atoms with Crippen molar-refractivity contribution < 1.29 is 19.2 Å². The van der Waals surface area contributed by atoms with Gasteiger partial charge in [0.2, 0.25) is 0 Å². The molecule has 33 heavy (non-hydrogen) atoms. The minimum Gasteiger partial charge on any atom is -0.343 e. The largest absolute Gasteiger partial charge is 0.344 e. The number of nitrogens with one attached hydrogen (secondary N) is 3. The van der Waals surface area contributed by atoms with Crippen LogP contribution in [0.5, 0.6) is 0 Å². The lowest BCUT2D eigenvalue weighted by Crippen LogP contribution is -2.51. The lowest BCUT2D eigenvalue weighted by atomic mass is 9.93. The van der Waals surface area contributed by atoms with Crippen LogP contribution < -0.4 is 16.1 Å². The highest BCUT2D eigenvalue weighted by Gasteiger charge is 2.48. The highest BCUT2D eigenvalue weighted by atomic mass is 16.2. The lowest BCUT2D eigenvalue weighted by Gasteiger charge is -2.21. The number of aryl methyl sites for hydroxylation is 1. The molecule has 1 heterocycles. The number of fused-ring (bicyclic) bond motifs is 1. The molecule has 1 aliphatic heterocycles. The Balaban J connectivity index is 1.32. The molecular formula is C25H24N4O4. The molecule has 1 atom stereocenters. The smallest absolute Gasteiger partial charge is 0.343 e. The topological polar surface area (TPSA) is 108 Å². The average molecular weight is 444 g/mol. The number of imide groups is 1. The average Bonchev–Trinajstić information content (AvgIpc) is 3.04. The number of hydrogen-bond acceptors (Lipinski definition) is 4. The molecule has 3 aromatic rings. The van der Waals surface area contributed by atoms with E-state index in [4.69, 9.17) is 0 Å². The molecule has 0 unspecified atom stereocenters. The van der Waals surface area contributed by atoms with E-state index in [0.717, 1.165) is 16.3 Å². The van der Waals surface area contributed by atoms with E-state index in [1.54, 1.807) is 19.1 Å². The number of hydrazine groups is 1. The fourth-order valence-electron chi connectivity index (χ4n) is 3.75. The second-order valence-electron chi connectivity index (χ2n) is 8.17. The number of carbonyl (C=O) groups excluding carboxylic acids is 4. The molecule has 3 N–H and O–H groups in total. The van der Waals surface area contributed by atoms with Gasteiger partial charge in [0.05, 0.1) is 6.54 Å². The van der Waals surface area contributed by atoms with E-state index in [1.807, 2.05) is 60.7 Å². The van der Waals surface area contributed by atoms with Crippen LogP contribution in [-0.2, 0) is 16.0 Å². The summed E-state index contributed by atoms with van der Waals surface area (Å²) in [6.07, 6.45) is 0.972. The van der Waals surface area contributed by atoms with Gasteiger partial charge in [-0.2, -0.15) is 5.01 Å². The van der Waals surface area contributed by atoms with Crippen LogP contribution in [0.4, 0.5) is 4.79 Å². The van der Waals surface area contributed by atoms with E-state index in [-0.39, 0.29) is 6.54 Å². The van der Waals surface area contributed by atoms with Crippen molar-refractivity contribution in [1.29, 1.82) is 0 Å². The van der Waals surface area contributed by atoms with Crippen molar-refractivity contribution in [2.75, 3.05) is 6.54 Å². The number of benzene rings is 3. The van der Waals surface area contributed by atoms with Crippen LogP contribution in [0.1, 0.15) is 29.3 Å². The zero-order valence-electron chi connectivity index (χ0n) is 18.1. The number of amides is 5. The van der Waals surface area contributed by atoms with Crippen molar-refractivity contribution in [3.05, 3.63) is 83.9 Å². The van der Waals surface area contributed by atoms with E-state index in [0.29, 0.717) is 23.4 Å². The minimum atomic E-state index is -1.13. The van der Waals surface area contributed by atoms with Crippen LogP contribution in [0.2, 0.25) is 0 Å². The molecule has 8 nitrogen and oxygen atoms in total. The summed E-state index contributed by atoms with van der Waals surface area (Å²) in [7, 11) is 0. The summed E-state index contributed by atoms with van der Waals surface area (Å²) in [5.41, 5.74) is 2.60. The second-order valence-corrected chi connectivity index (χ2v) is 8.17. The van der Waals surface area contributed by atoms with Gasteiger partial charge in [-0.15, -0.1) is 0 Å². The summed E-state index contributed by atoms with van der Waals surface area (Å²) in [5.74, 6) is -1.65. The fourth-order valence-corrected chi connectivity index (χ4v) is 3.75. The molecule has 168 valence electrons. The Hall–Kier alpha value is -4.20. The molecule has 0 saturated carbocycles. The molecule has 0 radical (unpaired) electrons. The van der Waals surface area contributed by atoms with Gasteiger partial charge in [-0.3, -0.25) is 19.8 Å². The van der Waals surface area contributed by atoms with Crippen LogP contribution in [0, 0.1) is 0 Å². The first kappa shape index (κ1) is 22.0. The predicted molar refractivity (Wildman–Crippen MR) is 123 cm³/mol. The van der Waals surface area contributed by atoms with Gasteiger partial charge in [0, 0.05) is 5.56 Å². The Morgan fingerprint density at radius 2 is 1.64 bits per heavy atom. The Morgan fingerprint density at radius 3 is 2.39 bits per heavy atom. The lowest BCUT2D eigenvalue weighted by molar-refractivity contribution is -0.138. The number of hydrogen-bond donors (Lipinski definition) is 3. The molecule has 1 saturated heterocycles. The Bertz CT molecular complexity index is 1230. The van der Waals surface area contributed by atoms with E-state index in [1.165, 1.54) is 0 Å². The Labute approximate surface area is 190 Å². The maximum Gasteiger partial charge on any atom is 0.344 e. The monoisotopic (exact) mass is 444 g/mol. The highest BCUT2D eigenvalue weighted by Crippen LogP contribution is 2.22. The van der Waals surface area contributed by atoms with Gasteiger partial charge in [-0.05, 0) is 48.2 Å². The summed E-state index contributed by atoms with van der Waals surface area (Å²) in [4.78, 5) is 49.9. The predicted octanol–water partition coefficient (Wildman–Crippen LogP) is 2.54. The van der Waals surface area contributed by atoms with Gasteiger partial charge in [-0.1, -0.05) is 60.7 Å².